The van der Waals surface area contributed by atoms with Crippen molar-refractivity contribution >= 4 is 5.91 Å². The van der Waals surface area contributed by atoms with Gasteiger partial charge in [-0.15, -0.1) is 0 Å². The highest BCUT2D eigenvalue weighted by molar-refractivity contribution is 5.76. The van der Waals surface area contributed by atoms with Gasteiger partial charge in [-0.05, 0) is 42.9 Å². The normalized spacial score (nSPS) is 26.3. The standard InChI is InChI=1S/C18H21N3O2/c22-18(13-21-8-4-7-19-21)20-11-14-9-17(10-15(14)12-20)23-16-5-2-1-3-6-16/h1-8,14-15,17H,9-13H2/t14-,15+,17?. The summed E-state index contributed by atoms with van der Waals surface area (Å²) in [5, 5.41) is 4.11. The summed E-state index contributed by atoms with van der Waals surface area (Å²) in [5.41, 5.74) is 0. The molecule has 1 amide bonds. The fourth-order valence-electron chi connectivity index (χ4n) is 3.87. The average molecular weight is 311 g/mol. The van der Waals surface area contributed by atoms with Crippen LogP contribution in [0.2, 0.25) is 0 Å². The second-order valence-electron chi connectivity index (χ2n) is 6.55. The number of aromatic nitrogens is 2. The van der Waals surface area contributed by atoms with E-state index in [1.807, 2.05) is 47.5 Å². The van der Waals surface area contributed by atoms with Gasteiger partial charge < -0.3 is 9.64 Å². The number of carbonyl (C=O) groups excluding carboxylic acids is 1. The molecule has 2 fully saturated rings. The molecule has 2 heterocycles. The lowest BCUT2D eigenvalue weighted by Gasteiger charge is -2.20. The molecular weight excluding hydrogens is 290 g/mol. The summed E-state index contributed by atoms with van der Waals surface area (Å²) in [6.07, 6.45) is 5.92. The molecule has 0 spiro atoms. The molecule has 1 aromatic carbocycles. The molecule has 1 saturated heterocycles. The molecule has 4 rings (SSSR count). The van der Waals surface area contributed by atoms with Crippen molar-refractivity contribution in [3.05, 3.63) is 48.8 Å². The Bertz CT molecular complexity index is 642. The molecule has 0 bridgehead atoms. The van der Waals surface area contributed by atoms with Gasteiger partial charge in [-0.2, -0.15) is 5.10 Å². The maximum atomic E-state index is 12.4. The van der Waals surface area contributed by atoms with E-state index in [4.69, 9.17) is 4.74 Å². The van der Waals surface area contributed by atoms with Crippen molar-refractivity contribution in [2.24, 2.45) is 11.8 Å². The van der Waals surface area contributed by atoms with Gasteiger partial charge in [0.15, 0.2) is 0 Å². The van der Waals surface area contributed by atoms with E-state index >= 15 is 0 Å². The zero-order chi connectivity index (χ0) is 15.6. The van der Waals surface area contributed by atoms with Crippen LogP contribution in [0.25, 0.3) is 0 Å². The third kappa shape index (κ3) is 3.09. The van der Waals surface area contributed by atoms with Gasteiger partial charge in [0, 0.05) is 25.5 Å². The van der Waals surface area contributed by atoms with Crippen molar-refractivity contribution in [1.29, 1.82) is 0 Å². The Hall–Kier alpha value is -2.30. The molecule has 120 valence electrons. The van der Waals surface area contributed by atoms with Crippen LogP contribution in [0.15, 0.2) is 48.8 Å². The van der Waals surface area contributed by atoms with Crippen molar-refractivity contribution in [3.63, 3.8) is 0 Å². The van der Waals surface area contributed by atoms with Crippen molar-refractivity contribution in [2.75, 3.05) is 13.1 Å². The van der Waals surface area contributed by atoms with Gasteiger partial charge in [-0.3, -0.25) is 9.48 Å². The Morgan fingerprint density at radius 3 is 2.52 bits per heavy atom. The minimum atomic E-state index is 0.170. The third-order valence-corrected chi connectivity index (χ3v) is 4.96. The number of carbonyl (C=O) groups is 1. The number of hydrogen-bond donors (Lipinski definition) is 0. The highest BCUT2D eigenvalue weighted by atomic mass is 16.5. The smallest absolute Gasteiger partial charge is 0.244 e. The molecule has 1 unspecified atom stereocenters. The van der Waals surface area contributed by atoms with Crippen LogP contribution in [0.3, 0.4) is 0 Å². The van der Waals surface area contributed by atoms with Crippen molar-refractivity contribution < 1.29 is 9.53 Å². The molecule has 2 aromatic rings. The van der Waals surface area contributed by atoms with E-state index in [-0.39, 0.29) is 12.0 Å². The monoisotopic (exact) mass is 311 g/mol. The topological polar surface area (TPSA) is 47.4 Å². The van der Waals surface area contributed by atoms with Crippen molar-refractivity contribution in [2.45, 2.75) is 25.5 Å². The van der Waals surface area contributed by atoms with Gasteiger partial charge in [0.05, 0.1) is 6.10 Å². The molecule has 1 saturated carbocycles. The fourth-order valence-corrected chi connectivity index (χ4v) is 3.87. The molecule has 5 heteroatoms. The second kappa shape index (κ2) is 6.07. The van der Waals surface area contributed by atoms with Crippen LogP contribution in [-0.4, -0.2) is 39.8 Å². The van der Waals surface area contributed by atoms with Crippen LogP contribution >= 0.6 is 0 Å². The first kappa shape index (κ1) is 14.3. The zero-order valence-corrected chi connectivity index (χ0v) is 13.0. The van der Waals surface area contributed by atoms with Gasteiger partial charge in [0.1, 0.15) is 12.3 Å². The third-order valence-electron chi connectivity index (χ3n) is 4.96. The molecule has 1 aliphatic carbocycles. The van der Waals surface area contributed by atoms with E-state index in [2.05, 4.69) is 5.10 Å². The minimum Gasteiger partial charge on any atom is -0.490 e. The number of likely N-dealkylation sites (tertiary alicyclic amines) is 1. The number of hydrogen-bond acceptors (Lipinski definition) is 3. The highest BCUT2D eigenvalue weighted by Crippen LogP contribution is 2.39. The van der Waals surface area contributed by atoms with Gasteiger partial charge >= 0.3 is 0 Å². The van der Waals surface area contributed by atoms with E-state index in [9.17, 15) is 4.79 Å². The minimum absolute atomic E-state index is 0.170. The van der Waals surface area contributed by atoms with Crippen LogP contribution in [0.1, 0.15) is 12.8 Å². The molecular formula is C18H21N3O2. The molecule has 1 aliphatic heterocycles. The quantitative estimate of drug-likeness (QED) is 0.869. The predicted octanol–water partition coefficient (Wildman–Crippen LogP) is 2.20. The highest BCUT2D eigenvalue weighted by Gasteiger charge is 2.43. The molecule has 0 radical (unpaired) electrons. The second-order valence-corrected chi connectivity index (χ2v) is 6.55. The Morgan fingerprint density at radius 1 is 1.13 bits per heavy atom. The summed E-state index contributed by atoms with van der Waals surface area (Å²) < 4.78 is 7.77. The molecule has 1 aromatic heterocycles. The Labute approximate surface area is 135 Å². The summed E-state index contributed by atoms with van der Waals surface area (Å²) in [6, 6.07) is 11.9. The Balaban J connectivity index is 1.30. The van der Waals surface area contributed by atoms with Crippen LogP contribution in [0.5, 0.6) is 5.75 Å². The zero-order valence-electron chi connectivity index (χ0n) is 13.0. The van der Waals surface area contributed by atoms with E-state index in [0.29, 0.717) is 18.4 Å². The van der Waals surface area contributed by atoms with E-state index < -0.39 is 0 Å². The van der Waals surface area contributed by atoms with Crippen LogP contribution in [-0.2, 0) is 11.3 Å². The first-order valence-electron chi connectivity index (χ1n) is 8.25. The van der Waals surface area contributed by atoms with Gasteiger partial charge in [-0.25, -0.2) is 0 Å². The van der Waals surface area contributed by atoms with Crippen molar-refractivity contribution in [3.8, 4) is 5.75 Å². The summed E-state index contributed by atoms with van der Waals surface area (Å²) in [5.74, 6) is 2.27. The lowest BCUT2D eigenvalue weighted by Crippen LogP contribution is -2.33. The first-order valence-corrected chi connectivity index (χ1v) is 8.25. The molecule has 5 nitrogen and oxygen atoms in total. The summed E-state index contributed by atoms with van der Waals surface area (Å²) in [7, 11) is 0. The van der Waals surface area contributed by atoms with Crippen LogP contribution in [0, 0.1) is 11.8 Å². The average Bonchev–Trinajstić information content (AvgIpc) is 3.24. The maximum Gasteiger partial charge on any atom is 0.244 e. The molecule has 2 aliphatic rings. The van der Waals surface area contributed by atoms with Gasteiger partial charge in [-0.1, -0.05) is 18.2 Å². The number of rotatable bonds is 4. The molecule has 3 atom stereocenters. The number of ether oxygens (including phenoxy) is 1. The Kier molecular flexibility index (Phi) is 3.77. The fraction of sp³-hybridized carbons (Fsp3) is 0.444. The summed E-state index contributed by atoms with van der Waals surface area (Å²) >= 11 is 0. The first-order chi connectivity index (χ1) is 11.3. The number of nitrogens with zero attached hydrogens (tertiary/aromatic N) is 3. The molecule has 0 N–H and O–H groups in total. The summed E-state index contributed by atoms with van der Waals surface area (Å²) in [6.45, 7) is 2.06. The van der Waals surface area contributed by atoms with E-state index in [1.165, 1.54) is 0 Å². The number of fused-ring (bicyclic) bond motifs is 1. The summed E-state index contributed by atoms with van der Waals surface area (Å²) in [4.78, 5) is 14.3. The SMILES string of the molecule is O=C(Cn1cccn1)N1C[C@H]2CC(Oc3ccccc3)C[C@H]2C1. The largest absolute Gasteiger partial charge is 0.490 e. The number of para-hydroxylation sites is 1. The van der Waals surface area contributed by atoms with Crippen LogP contribution in [0.4, 0.5) is 0 Å². The van der Waals surface area contributed by atoms with Gasteiger partial charge in [0.2, 0.25) is 5.91 Å². The lowest BCUT2D eigenvalue weighted by atomic mass is 10.0. The maximum absolute atomic E-state index is 12.4. The van der Waals surface area contributed by atoms with E-state index in [1.54, 1.807) is 10.9 Å². The van der Waals surface area contributed by atoms with Crippen LogP contribution < -0.4 is 4.74 Å². The van der Waals surface area contributed by atoms with Crippen molar-refractivity contribution in [1.82, 2.24) is 14.7 Å². The number of amides is 1. The van der Waals surface area contributed by atoms with Gasteiger partial charge in [0.25, 0.3) is 0 Å². The molecule has 23 heavy (non-hydrogen) atoms. The van der Waals surface area contributed by atoms with E-state index in [0.717, 1.165) is 31.7 Å². The Morgan fingerprint density at radius 2 is 1.87 bits per heavy atom. The number of benzene rings is 1. The predicted molar refractivity (Wildman–Crippen MR) is 85.9 cm³/mol. The lowest BCUT2D eigenvalue weighted by molar-refractivity contribution is -0.131.